The van der Waals surface area contributed by atoms with E-state index in [0.717, 1.165) is 50.5 Å². The Kier molecular flexibility index (Phi) is 8.83. The highest BCUT2D eigenvalue weighted by atomic mass is 32.2. The number of unbranched alkanes of at least 4 members (excludes halogenated alkanes) is 3. The molecule has 1 saturated carbocycles. The van der Waals surface area contributed by atoms with Crippen LogP contribution >= 0.6 is 11.8 Å². The molecule has 3 rings (SSSR count). The molecule has 11 heteroatoms. The number of hydrogen-bond acceptors (Lipinski definition) is 9. The Labute approximate surface area is 191 Å². The van der Waals surface area contributed by atoms with Crippen LogP contribution in [-0.4, -0.2) is 70.8 Å². The Morgan fingerprint density at radius 3 is 2.69 bits per heavy atom. The van der Waals surface area contributed by atoms with Gasteiger partial charge in [-0.15, -0.1) is 5.10 Å². The molecule has 0 spiro atoms. The maximum Gasteiger partial charge on any atom is 0.327 e. The molecule has 4 unspecified atom stereocenters. The lowest BCUT2D eigenvalue weighted by Crippen LogP contribution is -2.29. The molecule has 1 aliphatic rings. The molecular weight excluding hydrogens is 432 g/mol. The molecule has 0 radical (unpaired) electrons. The van der Waals surface area contributed by atoms with Crippen molar-refractivity contribution in [1.29, 1.82) is 0 Å². The van der Waals surface area contributed by atoms with E-state index >= 15 is 0 Å². The highest BCUT2D eigenvalue weighted by Gasteiger charge is 2.43. The van der Waals surface area contributed by atoms with Crippen molar-refractivity contribution in [3.63, 3.8) is 0 Å². The molecule has 1 fully saturated rings. The van der Waals surface area contributed by atoms with Gasteiger partial charge in [-0.1, -0.05) is 56.2 Å². The number of aliphatic hydroxyl groups is 2. The largest absolute Gasteiger partial charge is 0.478 e. The van der Waals surface area contributed by atoms with E-state index < -0.39 is 30.1 Å². The Balaban J connectivity index is 1.91. The quantitative estimate of drug-likeness (QED) is 0.160. The zero-order valence-electron chi connectivity index (χ0n) is 18.5. The number of aliphatic hydroxyl groups excluding tert-OH is 2. The lowest BCUT2D eigenvalue weighted by Gasteiger charge is -2.17. The summed E-state index contributed by atoms with van der Waals surface area (Å²) in [6.07, 6.45) is 5.91. The van der Waals surface area contributed by atoms with Gasteiger partial charge in [0.2, 0.25) is 0 Å². The number of hydrogen-bond donors (Lipinski definition) is 4. The number of aromatic nitrogens is 5. The van der Waals surface area contributed by atoms with E-state index in [9.17, 15) is 15.0 Å². The van der Waals surface area contributed by atoms with Gasteiger partial charge in [0.05, 0.1) is 12.1 Å². The van der Waals surface area contributed by atoms with Crippen LogP contribution in [0.2, 0.25) is 0 Å². The molecule has 2 aromatic rings. The van der Waals surface area contributed by atoms with Crippen LogP contribution in [-0.2, 0) is 4.79 Å². The van der Waals surface area contributed by atoms with Crippen molar-refractivity contribution < 1.29 is 20.1 Å². The van der Waals surface area contributed by atoms with Crippen LogP contribution < -0.4 is 5.32 Å². The molecular formula is C21H32N6O4S. The predicted molar refractivity (Wildman–Crippen MR) is 123 cm³/mol. The fourth-order valence-electron chi connectivity index (χ4n) is 3.80. The lowest BCUT2D eigenvalue weighted by atomic mass is 10.1. The molecule has 176 valence electrons. The molecule has 4 atom stereocenters. The minimum Gasteiger partial charge on any atom is -0.478 e. The smallest absolute Gasteiger partial charge is 0.327 e. The summed E-state index contributed by atoms with van der Waals surface area (Å²) >= 11 is 1.58. The third kappa shape index (κ3) is 5.76. The SMILES string of the molecule is CCCCCSc1nc(NCCCC)c2nnn(C3CC(C=CC(=O)O)C(O)C3O)c2n1. The number of rotatable bonds is 12. The van der Waals surface area contributed by atoms with E-state index in [4.69, 9.17) is 5.11 Å². The molecule has 0 saturated heterocycles. The van der Waals surface area contributed by atoms with E-state index in [1.54, 1.807) is 16.4 Å². The number of nitrogens with one attached hydrogen (secondary N) is 1. The molecule has 4 N–H and O–H groups in total. The first-order valence-corrected chi connectivity index (χ1v) is 12.2. The van der Waals surface area contributed by atoms with Crippen molar-refractivity contribution in [1.82, 2.24) is 25.0 Å². The maximum absolute atomic E-state index is 10.9. The average Bonchev–Trinajstić information content (AvgIpc) is 3.31. The van der Waals surface area contributed by atoms with E-state index in [1.807, 2.05) is 0 Å². The van der Waals surface area contributed by atoms with Gasteiger partial charge in [0, 0.05) is 24.3 Å². The number of carboxylic acids is 1. The number of nitrogens with zero attached hydrogens (tertiary/aromatic N) is 5. The van der Waals surface area contributed by atoms with Crippen molar-refractivity contribution in [3.05, 3.63) is 12.2 Å². The minimum absolute atomic E-state index is 0.326. The molecule has 0 amide bonds. The predicted octanol–water partition coefficient (Wildman–Crippen LogP) is 2.64. The first-order chi connectivity index (χ1) is 15.5. The Hall–Kier alpha value is -2.24. The van der Waals surface area contributed by atoms with E-state index in [0.29, 0.717) is 28.6 Å². The molecule has 32 heavy (non-hydrogen) atoms. The van der Waals surface area contributed by atoms with Gasteiger partial charge in [-0.05, 0) is 19.3 Å². The zero-order chi connectivity index (χ0) is 23.1. The summed E-state index contributed by atoms with van der Waals surface area (Å²) in [5.41, 5.74) is 1.02. The summed E-state index contributed by atoms with van der Waals surface area (Å²) in [6.45, 7) is 5.03. The second-order valence-electron chi connectivity index (χ2n) is 8.04. The van der Waals surface area contributed by atoms with Crippen molar-refractivity contribution >= 4 is 34.7 Å². The standard InChI is InChI=1S/C21H32N6O4S/c1-3-5-7-11-32-21-23-19(22-10-6-4-2)16-20(24-21)27(26-25-16)14-12-13(8-9-15(28)29)17(30)18(14)31/h8-9,13-14,17-18,30-31H,3-7,10-12H2,1-2H3,(H,28,29)(H,22,23,24). The topological polar surface area (TPSA) is 146 Å². The zero-order valence-corrected chi connectivity index (χ0v) is 19.3. The van der Waals surface area contributed by atoms with Crippen molar-refractivity contribution in [2.24, 2.45) is 5.92 Å². The van der Waals surface area contributed by atoms with Crippen LogP contribution in [0, 0.1) is 5.92 Å². The van der Waals surface area contributed by atoms with Crippen LogP contribution in [0.3, 0.4) is 0 Å². The molecule has 2 aromatic heterocycles. The van der Waals surface area contributed by atoms with Crippen LogP contribution in [0.25, 0.3) is 11.2 Å². The van der Waals surface area contributed by atoms with Gasteiger partial charge in [-0.2, -0.15) is 0 Å². The summed E-state index contributed by atoms with van der Waals surface area (Å²) in [7, 11) is 0. The summed E-state index contributed by atoms with van der Waals surface area (Å²) < 4.78 is 1.54. The fraction of sp³-hybridized carbons (Fsp3) is 0.667. The number of carboxylic acid groups (broad SMARTS) is 1. The minimum atomic E-state index is -1.12. The fourth-order valence-corrected chi connectivity index (χ4v) is 4.64. The number of anilines is 1. The summed E-state index contributed by atoms with van der Waals surface area (Å²) in [6, 6.07) is -0.574. The molecule has 0 bridgehead atoms. The number of carbonyl (C=O) groups is 1. The summed E-state index contributed by atoms with van der Waals surface area (Å²) in [5.74, 6) is -0.0795. The average molecular weight is 465 g/mol. The summed E-state index contributed by atoms with van der Waals surface area (Å²) in [5, 5.41) is 42.4. The number of fused-ring (bicyclic) bond motifs is 1. The van der Waals surface area contributed by atoms with Gasteiger partial charge >= 0.3 is 5.97 Å². The lowest BCUT2D eigenvalue weighted by molar-refractivity contribution is -0.131. The van der Waals surface area contributed by atoms with Gasteiger partial charge in [-0.3, -0.25) is 0 Å². The van der Waals surface area contributed by atoms with Gasteiger partial charge in [0.1, 0.15) is 6.10 Å². The number of thioether (sulfide) groups is 1. The second-order valence-corrected chi connectivity index (χ2v) is 9.10. The second kappa shape index (κ2) is 11.6. The van der Waals surface area contributed by atoms with Crippen molar-refractivity contribution in [3.8, 4) is 0 Å². The highest BCUT2D eigenvalue weighted by molar-refractivity contribution is 7.99. The molecule has 0 aliphatic heterocycles. The van der Waals surface area contributed by atoms with Crippen LogP contribution in [0.1, 0.15) is 58.4 Å². The van der Waals surface area contributed by atoms with Gasteiger partial charge in [-0.25, -0.2) is 19.4 Å². The Morgan fingerprint density at radius 1 is 1.19 bits per heavy atom. The Morgan fingerprint density at radius 2 is 1.97 bits per heavy atom. The van der Waals surface area contributed by atoms with Crippen LogP contribution in [0.4, 0.5) is 5.82 Å². The maximum atomic E-state index is 10.9. The van der Waals surface area contributed by atoms with Gasteiger partial charge in [0.15, 0.2) is 22.1 Å². The summed E-state index contributed by atoms with van der Waals surface area (Å²) in [4.78, 5) is 20.2. The van der Waals surface area contributed by atoms with Crippen LogP contribution in [0.15, 0.2) is 17.3 Å². The Bertz CT molecular complexity index is 936. The van der Waals surface area contributed by atoms with E-state index in [-0.39, 0.29) is 0 Å². The first-order valence-electron chi connectivity index (χ1n) is 11.2. The highest BCUT2D eigenvalue weighted by Crippen LogP contribution is 2.37. The monoisotopic (exact) mass is 464 g/mol. The van der Waals surface area contributed by atoms with Crippen LogP contribution in [0.5, 0.6) is 0 Å². The molecule has 0 aromatic carbocycles. The normalized spacial score (nSPS) is 23.4. The molecule has 10 nitrogen and oxygen atoms in total. The first kappa shape index (κ1) is 24.4. The van der Waals surface area contributed by atoms with Crippen molar-refractivity contribution in [2.45, 2.75) is 75.8 Å². The van der Waals surface area contributed by atoms with Crippen molar-refractivity contribution in [2.75, 3.05) is 17.6 Å². The molecule has 1 aliphatic carbocycles. The van der Waals surface area contributed by atoms with Gasteiger partial charge < -0.3 is 20.6 Å². The van der Waals surface area contributed by atoms with E-state index in [1.165, 1.54) is 6.08 Å². The third-order valence-electron chi connectivity index (χ3n) is 5.60. The van der Waals surface area contributed by atoms with E-state index in [2.05, 4.69) is 39.4 Å². The van der Waals surface area contributed by atoms with Gasteiger partial charge in [0.25, 0.3) is 0 Å². The number of aliphatic carboxylic acids is 1. The molecule has 2 heterocycles. The third-order valence-corrected chi connectivity index (χ3v) is 6.54.